The molecule has 9 heteroatoms. The van der Waals surface area contributed by atoms with Crippen LogP contribution in [0.3, 0.4) is 0 Å². The molecule has 28 heavy (non-hydrogen) atoms. The molecule has 0 aromatic heterocycles. The van der Waals surface area contributed by atoms with Crippen molar-refractivity contribution in [3.8, 4) is 0 Å². The van der Waals surface area contributed by atoms with Gasteiger partial charge in [0.2, 0.25) is 10.0 Å². The lowest BCUT2D eigenvalue weighted by molar-refractivity contribution is -0.128. The molecule has 1 aliphatic heterocycles. The van der Waals surface area contributed by atoms with E-state index in [1.54, 1.807) is 0 Å². The SMILES string of the molecule is C=CCNC(=O)C(C)OC(=O)c1cccc(S(=O)(=O)N2CC(C)OC(C)C2)c1. The quantitative estimate of drug-likeness (QED) is 0.538. The van der Waals surface area contributed by atoms with Crippen LogP contribution in [0, 0.1) is 0 Å². The van der Waals surface area contributed by atoms with Crippen LogP contribution in [0.5, 0.6) is 0 Å². The van der Waals surface area contributed by atoms with Gasteiger partial charge in [-0.25, -0.2) is 13.2 Å². The Labute approximate surface area is 165 Å². The summed E-state index contributed by atoms with van der Waals surface area (Å²) >= 11 is 0. The number of hydrogen-bond acceptors (Lipinski definition) is 6. The molecule has 3 atom stereocenters. The summed E-state index contributed by atoms with van der Waals surface area (Å²) in [4.78, 5) is 24.1. The first-order valence-corrected chi connectivity index (χ1v) is 10.4. The summed E-state index contributed by atoms with van der Waals surface area (Å²) in [6, 6.07) is 5.60. The fourth-order valence-electron chi connectivity index (χ4n) is 2.86. The number of morpholine rings is 1. The third-order valence-corrected chi connectivity index (χ3v) is 5.99. The van der Waals surface area contributed by atoms with Gasteiger partial charge in [0, 0.05) is 19.6 Å². The Morgan fingerprint density at radius 1 is 1.36 bits per heavy atom. The number of carbonyl (C=O) groups excluding carboxylic acids is 2. The van der Waals surface area contributed by atoms with Crippen molar-refractivity contribution in [2.24, 2.45) is 0 Å². The van der Waals surface area contributed by atoms with Crippen LogP contribution in [-0.2, 0) is 24.3 Å². The molecule has 1 N–H and O–H groups in total. The van der Waals surface area contributed by atoms with Gasteiger partial charge in [0.15, 0.2) is 6.10 Å². The van der Waals surface area contributed by atoms with Crippen LogP contribution in [0.25, 0.3) is 0 Å². The van der Waals surface area contributed by atoms with Crippen molar-refractivity contribution in [3.63, 3.8) is 0 Å². The summed E-state index contributed by atoms with van der Waals surface area (Å²) in [5.74, 6) is -1.24. The molecule has 8 nitrogen and oxygen atoms in total. The number of benzene rings is 1. The molecule has 1 heterocycles. The number of amides is 1. The van der Waals surface area contributed by atoms with Crippen LogP contribution in [0.2, 0.25) is 0 Å². The number of ether oxygens (including phenoxy) is 2. The fraction of sp³-hybridized carbons (Fsp3) is 0.474. The molecule has 1 aliphatic rings. The van der Waals surface area contributed by atoms with Gasteiger partial charge in [0.1, 0.15) is 0 Å². The van der Waals surface area contributed by atoms with Crippen molar-refractivity contribution in [1.29, 1.82) is 0 Å². The molecule has 3 unspecified atom stereocenters. The Morgan fingerprint density at radius 3 is 2.61 bits per heavy atom. The maximum absolute atomic E-state index is 12.9. The third kappa shape index (κ3) is 5.40. The number of rotatable bonds is 7. The summed E-state index contributed by atoms with van der Waals surface area (Å²) in [6.07, 6.45) is 0.0468. The molecule has 154 valence electrons. The monoisotopic (exact) mass is 410 g/mol. The summed E-state index contributed by atoms with van der Waals surface area (Å²) in [5, 5.41) is 2.53. The number of carbonyl (C=O) groups is 2. The summed E-state index contributed by atoms with van der Waals surface area (Å²) in [5.41, 5.74) is 0.0544. The minimum Gasteiger partial charge on any atom is -0.449 e. The zero-order valence-electron chi connectivity index (χ0n) is 16.3. The maximum atomic E-state index is 12.9. The highest BCUT2D eigenvalue weighted by molar-refractivity contribution is 7.89. The van der Waals surface area contributed by atoms with E-state index in [4.69, 9.17) is 9.47 Å². The topological polar surface area (TPSA) is 102 Å². The number of nitrogens with zero attached hydrogens (tertiary/aromatic N) is 1. The van der Waals surface area contributed by atoms with Gasteiger partial charge in [-0.15, -0.1) is 6.58 Å². The molecule has 1 aromatic carbocycles. The van der Waals surface area contributed by atoms with Gasteiger partial charge in [-0.05, 0) is 39.0 Å². The molecular formula is C19H26N2O6S. The first-order valence-electron chi connectivity index (χ1n) is 9.00. The van der Waals surface area contributed by atoms with Gasteiger partial charge < -0.3 is 14.8 Å². The van der Waals surface area contributed by atoms with Crippen LogP contribution < -0.4 is 5.32 Å². The predicted octanol–water partition coefficient (Wildman–Crippen LogP) is 1.33. The second-order valence-electron chi connectivity index (χ2n) is 6.69. The largest absolute Gasteiger partial charge is 0.449 e. The summed E-state index contributed by atoms with van der Waals surface area (Å²) in [7, 11) is -3.79. The van der Waals surface area contributed by atoms with Gasteiger partial charge >= 0.3 is 5.97 Å². The van der Waals surface area contributed by atoms with E-state index < -0.39 is 28.0 Å². The standard InChI is InChI=1S/C19H26N2O6S/c1-5-9-20-18(22)15(4)27-19(23)16-7-6-8-17(10-16)28(24,25)21-11-13(2)26-14(3)12-21/h5-8,10,13-15H,1,9,11-12H2,2-4H3,(H,20,22). The molecule has 0 saturated carbocycles. The van der Waals surface area contributed by atoms with Crippen LogP contribution >= 0.6 is 0 Å². The third-order valence-electron chi connectivity index (χ3n) is 4.17. The lowest BCUT2D eigenvalue weighted by Gasteiger charge is -2.34. The Hall–Kier alpha value is -2.23. The van der Waals surface area contributed by atoms with Crippen LogP contribution in [0.4, 0.5) is 0 Å². The average molecular weight is 410 g/mol. The zero-order chi connectivity index (χ0) is 20.9. The van der Waals surface area contributed by atoms with E-state index in [-0.39, 0.29) is 42.3 Å². The van der Waals surface area contributed by atoms with Crippen molar-refractivity contribution in [2.75, 3.05) is 19.6 Å². The van der Waals surface area contributed by atoms with E-state index >= 15 is 0 Å². The fourth-order valence-corrected chi connectivity index (χ4v) is 4.50. The summed E-state index contributed by atoms with van der Waals surface area (Å²) in [6.45, 7) is 9.28. The smallest absolute Gasteiger partial charge is 0.338 e. The van der Waals surface area contributed by atoms with E-state index in [0.29, 0.717) is 0 Å². The first kappa shape index (κ1) is 22.1. The van der Waals surface area contributed by atoms with E-state index in [1.165, 1.54) is 41.6 Å². The summed E-state index contributed by atoms with van der Waals surface area (Å²) < 4.78 is 38.0. The molecule has 1 aromatic rings. The minimum absolute atomic E-state index is 0.00740. The van der Waals surface area contributed by atoms with Crippen molar-refractivity contribution in [1.82, 2.24) is 9.62 Å². The molecule has 1 saturated heterocycles. The van der Waals surface area contributed by atoms with E-state index in [0.717, 1.165) is 0 Å². The van der Waals surface area contributed by atoms with Crippen molar-refractivity contribution >= 4 is 21.9 Å². The second-order valence-corrected chi connectivity index (χ2v) is 8.63. The van der Waals surface area contributed by atoms with Crippen LogP contribution in [-0.4, -0.2) is 62.5 Å². The Kier molecular flexibility index (Phi) is 7.34. The van der Waals surface area contributed by atoms with Crippen molar-refractivity contribution in [3.05, 3.63) is 42.5 Å². The molecule has 1 amide bonds. The molecule has 0 aliphatic carbocycles. The molecule has 0 bridgehead atoms. The number of hydrogen-bond donors (Lipinski definition) is 1. The highest BCUT2D eigenvalue weighted by atomic mass is 32.2. The minimum atomic E-state index is -3.79. The van der Waals surface area contributed by atoms with Gasteiger partial charge in [-0.2, -0.15) is 4.31 Å². The first-order chi connectivity index (χ1) is 13.1. The number of esters is 1. The van der Waals surface area contributed by atoms with Crippen molar-refractivity contribution in [2.45, 2.75) is 44.0 Å². The molecular weight excluding hydrogens is 384 g/mol. The molecule has 0 spiro atoms. The van der Waals surface area contributed by atoms with Crippen molar-refractivity contribution < 1.29 is 27.5 Å². The molecule has 1 fully saturated rings. The van der Waals surface area contributed by atoms with E-state index in [9.17, 15) is 18.0 Å². The van der Waals surface area contributed by atoms with Gasteiger partial charge in [-0.1, -0.05) is 12.1 Å². The highest BCUT2D eigenvalue weighted by Gasteiger charge is 2.32. The highest BCUT2D eigenvalue weighted by Crippen LogP contribution is 2.22. The average Bonchev–Trinajstić information content (AvgIpc) is 2.65. The Bertz CT molecular complexity index is 829. The van der Waals surface area contributed by atoms with Gasteiger partial charge in [-0.3, -0.25) is 4.79 Å². The van der Waals surface area contributed by atoms with Gasteiger partial charge in [0.05, 0.1) is 22.7 Å². The normalized spacial score (nSPS) is 21.5. The molecule has 2 rings (SSSR count). The Balaban J connectivity index is 2.15. The Morgan fingerprint density at radius 2 is 2.00 bits per heavy atom. The zero-order valence-corrected chi connectivity index (χ0v) is 17.1. The predicted molar refractivity (Wildman–Crippen MR) is 103 cm³/mol. The molecule has 0 radical (unpaired) electrons. The number of nitrogens with one attached hydrogen (secondary N) is 1. The maximum Gasteiger partial charge on any atom is 0.338 e. The van der Waals surface area contributed by atoms with Crippen LogP contribution in [0.15, 0.2) is 41.8 Å². The second kappa shape index (κ2) is 9.31. The van der Waals surface area contributed by atoms with Gasteiger partial charge in [0.25, 0.3) is 5.91 Å². The lowest BCUT2D eigenvalue weighted by Crippen LogP contribution is -2.48. The van der Waals surface area contributed by atoms with E-state index in [2.05, 4.69) is 11.9 Å². The lowest BCUT2D eigenvalue weighted by atomic mass is 10.2. The number of sulfonamides is 1. The van der Waals surface area contributed by atoms with Crippen LogP contribution in [0.1, 0.15) is 31.1 Å². The van der Waals surface area contributed by atoms with E-state index in [1.807, 2.05) is 13.8 Å².